The molecule has 0 aromatic heterocycles. The van der Waals surface area contributed by atoms with Gasteiger partial charge in [-0.15, -0.1) is 0 Å². The molecular weight excluding hydrogens is 248 g/mol. The molecular formula is C14H18O5. The number of hydrogen-bond donors (Lipinski definition) is 1. The number of ketones is 1. The summed E-state index contributed by atoms with van der Waals surface area (Å²) >= 11 is 0. The van der Waals surface area contributed by atoms with Crippen molar-refractivity contribution in [3.8, 4) is 11.5 Å². The standard InChI is InChI=1S/C14H18O5/c1-3-18-12-7-5-10(9-13(12)19-4-2)11(15)6-8-14(16)17/h5,7,9H,3-4,6,8H2,1-2H3,(H,16,17). The zero-order valence-corrected chi connectivity index (χ0v) is 11.1. The van der Waals surface area contributed by atoms with Crippen molar-refractivity contribution in [1.82, 2.24) is 0 Å². The van der Waals surface area contributed by atoms with Gasteiger partial charge < -0.3 is 14.6 Å². The van der Waals surface area contributed by atoms with Crippen LogP contribution in [-0.4, -0.2) is 30.1 Å². The van der Waals surface area contributed by atoms with E-state index in [1.165, 1.54) is 0 Å². The largest absolute Gasteiger partial charge is 0.490 e. The summed E-state index contributed by atoms with van der Waals surface area (Å²) in [4.78, 5) is 22.3. The molecule has 0 bridgehead atoms. The highest BCUT2D eigenvalue weighted by Gasteiger charge is 2.12. The minimum atomic E-state index is -0.982. The second-order valence-corrected chi connectivity index (χ2v) is 3.84. The molecule has 0 spiro atoms. The first-order chi connectivity index (χ1) is 9.08. The second kappa shape index (κ2) is 7.41. The Bertz CT molecular complexity index is 453. The number of carbonyl (C=O) groups excluding carboxylic acids is 1. The van der Waals surface area contributed by atoms with Crippen molar-refractivity contribution in [2.45, 2.75) is 26.7 Å². The van der Waals surface area contributed by atoms with Gasteiger partial charge in [0.15, 0.2) is 17.3 Å². The topological polar surface area (TPSA) is 72.8 Å². The third-order valence-electron chi connectivity index (χ3n) is 2.43. The predicted octanol–water partition coefficient (Wildman–Crippen LogP) is 2.53. The molecule has 0 heterocycles. The van der Waals surface area contributed by atoms with Crippen LogP contribution in [0.3, 0.4) is 0 Å². The number of carboxylic acid groups (broad SMARTS) is 1. The van der Waals surface area contributed by atoms with Crippen LogP contribution in [0.4, 0.5) is 0 Å². The third-order valence-corrected chi connectivity index (χ3v) is 2.43. The van der Waals surface area contributed by atoms with Gasteiger partial charge in [0.1, 0.15) is 0 Å². The summed E-state index contributed by atoms with van der Waals surface area (Å²) in [6.45, 7) is 4.68. The first kappa shape index (κ1) is 15.0. The van der Waals surface area contributed by atoms with Crippen LogP contribution >= 0.6 is 0 Å². The molecule has 0 radical (unpaired) electrons. The van der Waals surface area contributed by atoms with Crippen molar-refractivity contribution >= 4 is 11.8 Å². The minimum absolute atomic E-state index is 0.0190. The number of carbonyl (C=O) groups is 2. The Labute approximate surface area is 112 Å². The smallest absolute Gasteiger partial charge is 0.303 e. The predicted molar refractivity (Wildman–Crippen MR) is 70.0 cm³/mol. The monoisotopic (exact) mass is 266 g/mol. The highest BCUT2D eigenvalue weighted by molar-refractivity contribution is 5.98. The number of rotatable bonds is 8. The van der Waals surface area contributed by atoms with Gasteiger partial charge >= 0.3 is 5.97 Å². The molecule has 0 unspecified atom stereocenters. The van der Waals surface area contributed by atoms with E-state index in [0.29, 0.717) is 30.3 Å². The number of Topliss-reactive ketones (excluding diaryl/α,β-unsaturated/α-hetero) is 1. The molecule has 0 atom stereocenters. The fourth-order valence-corrected chi connectivity index (χ4v) is 1.59. The Morgan fingerprint density at radius 3 is 2.26 bits per heavy atom. The van der Waals surface area contributed by atoms with Crippen molar-refractivity contribution in [3.63, 3.8) is 0 Å². The molecule has 1 N–H and O–H groups in total. The SMILES string of the molecule is CCOc1ccc(C(=O)CCC(=O)O)cc1OCC. The van der Waals surface area contributed by atoms with Crippen LogP contribution in [0.15, 0.2) is 18.2 Å². The van der Waals surface area contributed by atoms with E-state index in [2.05, 4.69) is 0 Å². The molecule has 0 aliphatic heterocycles. The summed E-state index contributed by atoms with van der Waals surface area (Å²) in [7, 11) is 0. The molecule has 19 heavy (non-hydrogen) atoms. The number of ether oxygens (including phenoxy) is 2. The van der Waals surface area contributed by atoms with E-state index < -0.39 is 5.97 Å². The van der Waals surface area contributed by atoms with Crippen molar-refractivity contribution in [2.75, 3.05) is 13.2 Å². The van der Waals surface area contributed by atoms with E-state index >= 15 is 0 Å². The normalized spacial score (nSPS) is 10.0. The second-order valence-electron chi connectivity index (χ2n) is 3.84. The highest BCUT2D eigenvalue weighted by Crippen LogP contribution is 2.29. The maximum absolute atomic E-state index is 11.8. The molecule has 5 nitrogen and oxygen atoms in total. The third kappa shape index (κ3) is 4.62. The summed E-state index contributed by atoms with van der Waals surface area (Å²) < 4.78 is 10.8. The molecule has 0 aliphatic carbocycles. The maximum Gasteiger partial charge on any atom is 0.303 e. The minimum Gasteiger partial charge on any atom is -0.490 e. The van der Waals surface area contributed by atoms with Crippen LogP contribution < -0.4 is 9.47 Å². The fraction of sp³-hybridized carbons (Fsp3) is 0.429. The van der Waals surface area contributed by atoms with Crippen molar-refractivity contribution in [3.05, 3.63) is 23.8 Å². The van der Waals surface area contributed by atoms with Crippen LogP contribution in [0.1, 0.15) is 37.0 Å². The Morgan fingerprint density at radius 1 is 1.05 bits per heavy atom. The van der Waals surface area contributed by atoms with Crippen LogP contribution in [0.2, 0.25) is 0 Å². The van der Waals surface area contributed by atoms with E-state index in [1.807, 2.05) is 13.8 Å². The van der Waals surface area contributed by atoms with E-state index in [4.69, 9.17) is 14.6 Å². The summed E-state index contributed by atoms with van der Waals surface area (Å²) in [6.07, 6.45) is -0.190. The number of aliphatic carboxylic acids is 1. The lowest BCUT2D eigenvalue weighted by Crippen LogP contribution is -2.05. The van der Waals surface area contributed by atoms with Crippen LogP contribution in [-0.2, 0) is 4.79 Å². The quantitative estimate of drug-likeness (QED) is 0.732. The molecule has 0 amide bonds. The van der Waals surface area contributed by atoms with E-state index in [9.17, 15) is 9.59 Å². The van der Waals surface area contributed by atoms with Crippen LogP contribution in [0, 0.1) is 0 Å². The van der Waals surface area contributed by atoms with Gasteiger partial charge in [-0.25, -0.2) is 0 Å². The molecule has 1 aromatic carbocycles. The average molecular weight is 266 g/mol. The molecule has 0 aliphatic rings. The summed E-state index contributed by atoms with van der Waals surface area (Å²) in [6, 6.07) is 4.89. The molecule has 0 fully saturated rings. The lowest BCUT2D eigenvalue weighted by atomic mass is 10.1. The lowest BCUT2D eigenvalue weighted by molar-refractivity contribution is -0.136. The van der Waals surface area contributed by atoms with Gasteiger partial charge in [-0.3, -0.25) is 9.59 Å². The Hall–Kier alpha value is -2.04. The Balaban J connectivity index is 2.87. The molecule has 1 rings (SSSR count). The summed E-state index contributed by atoms with van der Waals surface area (Å²) in [5.41, 5.74) is 0.438. The highest BCUT2D eigenvalue weighted by atomic mass is 16.5. The first-order valence-corrected chi connectivity index (χ1v) is 6.23. The summed E-state index contributed by atoms with van der Waals surface area (Å²) in [5, 5.41) is 8.57. The van der Waals surface area contributed by atoms with E-state index in [1.54, 1.807) is 18.2 Å². The van der Waals surface area contributed by atoms with Crippen molar-refractivity contribution in [1.29, 1.82) is 0 Å². The molecule has 5 heteroatoms. The molecule has 1 aromatic rings. The molecule has 0 saturated heterocycles. The van der Waals surface area contributed by atoms with Gasteiger partial charge in [0.05, 0.1) is 19.6 Å². The average Bonchev–Trinajstić information content (AvgIpc) is 2.38. The lowest BCUT2D eigenvalue weighted by Gasteiger charge is -2.11. The van der Waals surface area contributed by atoms with Crippen LogP contribution in [0.25, 0.3) is 0 Å². The number of hydrogen-bond acceptors (Lipinski definition) is 4. The first-order valence-electron chi connectivity index (χ1n) is 6.23. The van der Waals surface area contributed by atoms with Crippen LogP contribution in [0.5, 0.6) is 11.5 Å². The van der Waals surface area contributed by atoms with E-state index in [-0.39, 0.29) is 18.6 Å². The van der Waals surface area contributed by atoms with Crippen molar-refractivity contribution < 1.29 is 24.2 Å². The zero-order valence-electron chi connectivity index (χ0n) is 11.1. The molecule has 104 valence electrons. The Morgan fingerprint density at radius 2 is 1.68 bits per heavy atom. The van der Waals surface area contributed by atoms with Gasteiger partial charge in [0, 0.05) is 12.0 Å². The van der Waals surface area contributed by atoms with Gasteiger partial charge in [-0.05, 0) is 32.0 Å². The summed E-state index contributed by atoms with van der Waals surface area (Å²) in [5.74, 6) is -0.111. The van der Waals surface area contributed by atoms with Crippen molar-refractivity contribution in [2.24, 2.45) is 0 Å². The number of benzene rings is 1. The van der Waals surface area contributed by atoms with Gasteiger partial charge in [-0.2, -0.15) is 0 Å². The maximum atomic E-state index is 11.8. The zero-order chi connectivity index (χ0) is 14.3. The molecule has 0 saturated carbocycles. The van der Waals surface area contributed by atoms with E-state index in [0.717, 1.165) is 0 Å². The number of carboxylic acids is 1. The van der Waals surface area contributed by atoms with Gasteiger partial charge in [-0.1, -0.05) is 0 Å². The fourth-order valence-electron chi connectivity index (χ4n) is 1.59. The van der Waals surface area contributed by atoms with Gasteiger partial charge in [0.25, 0.3) is 0 Å². The Kier molecular flexibility index (Phi) is 5.85. The van der Waals surface area contributed by atoms with Gasteiger partial charge in [0.2, 0.25) is 0 Å².